The molecule has 1 amide bonds. The minimum absolute atomic E-state index is 0.288. The van der Waals surface area contributed by atoms with E-state index in [1.54, 1.807) is 20.8 Å². The summed E-state index contributed by atoms with van der Waals surface area (Å²) in [4.78, 5) is 24.6. The van der Waals surface area contributed by atoms with Crippen molar-refractivity contribution in [1.82, 2.24) is 5.32 Å². The molecule has 0 aromatic heterocycles. The predicted octanol–water partition coefficient (Wildman–Crippen LogP) is 4.82. The Kier molecular flexibility index (Phi) is 7.25. The number of allylic oxidation sites excluding steroid dienone is 2. The van der Waals surface area contributed by atoms with Crippen LogP contribution in [0.4, 0.5) is 13.6 Å². The summed E-state index contributed by atoms with van der Waals surface area (Å²) in [5.74, 6) is -1.91. The molecule has 0 aliphatic carbocycles. The summed E-state index contributed by atoms with van der Waals surface area (Å²) in [6, 6.07) is 4.27. The van der Waals surface area contributed by atoms with Crippen LogP contribution in [-0.2, 0) is 24.6 Å². The lowest BCUT2D eigenvalue weighted by Gasteiger charge is -2.38. The minimum atomic E-state index is -1.51. The zero-order valence-electron chi connectivity index (χ0n) is 18.2. The molecule has 1 aliphatic heterocycles. The molecule has 0 radical (unpaired) electrons. The first-order valence-corrected chi connectivity index (χ1v) is 9.72. The van der Waals surface area contributed by atoms with E-state index in [0.717, 1.165) is 12.3 Å². The van der Waals surface area contributed by atoms with Gasteiger partial charge in [0.05, 0.1) is 0 Å². The molecule has 6 nitrogen and oxygen atoms in total. The minimum Gasteiger partial charge on any atom is -0.478 e. The van der Waals surface area contributed by atoms with Crippen molar-refractivity contribution in [3.05, 3.63) is 72.0 Å². The fourth-order valence-corrected chi connectivity index (χ4v) is 3.01. The average molecular weight is 435 g/mol. The molecular formula is C23H27F2NO5. The number of hydrogen-bond donors (Lipinski definition) is 1. The highest BCUT2D eigenvalue weighted by Gasteiger charge is 2.45. The molecule has 1 N–H and O–H groups in total. The Balaban J connectivity index is 2.28. The van der Waals surface area contributed by atoms with Gasteiger partial charge in [0.2, 0.25) is 0 Å². The van der Waals surface area contributed by atoms with Gasteiger partial charge in [0, 0.05) is 5.56 Å². The largest absolute Gasteiger partial charge is 0.478 e. The van der Waals surface area contributed by atoms with Crippen LogP contribution in [0.25, 0.3) is 0 Å². The van der Waals surface area contributed by atoms with Gasteiger partial charge in [0.1, 0.15) is 29.8 Å². The number of alkyl carbamates (subject to hydrolysis) is 1. The molecule has 0 saturated carbocycles. The third kappa shape index (κ3) is 5.93. The van der Waals surface area contributed by atoms with Gasteiger partial charge >= 0.3 is 12.1 Å². The highest BCUT2D eigenvalue weighted by atomic mass is 19.1. The maximum atomic E-state index is 13.9. The van der Waals surface area contributed by atoms with Crippen LogP contribution in [0.3, 0.4) is 0 Å². The number of halogens is 2. The van der Waals surface area contributed by atoms with E-state index in [1.165, 1.54) is 44.2 Å². The van der Waals surface area contributed by atoms with E-state index in [2.05, 4.69) is 11.9 Å². The average Bonchev–Trinajstić information content (AvgIpc) is 2.80. The van der Waals surface area contributed by atoms with Gasteiger partial charge in [-0.05, 0) is 58.4 Å². The van der Waals surface area contributed by atoms with Gasteiger partial charge in [-0.1, -0.05) is 24.8 Å². The normalized spacial score (nSPS) is 20.6. The first kappa shape index (κ1) is 24.1. The van der Waals surface area contributed by atoms with Gasteiger partial charge in [-0.15, -0.1) is 0 Å². The molecule has 1 aromatic carbocycles. The van der Waals surface area contributed by atoms with Crippen molar-refractivity contribution in [2.75, 3.05) is 0 Å². The fraction of sp³-hybridized carbons (Fsp3) is 0.391. The molecule has 0 bridgehead atoms. The first-order valence-electron chi connectivity index (χ1n) is 9.72. The lowest BCUT2D eigenvalue weighted by Crippen LogP contribution is -2.47. The second kappa shape index (κ2) is 9.32. The Morgan fingerprint density at radius 1 is 1.13 bits per heavy atom. The van der Waals surface area contributed by atoms with Crippen molar-refractivity contribution in [3.8, 4) is 0 Å². The van der Waals surface area contributed by atoms with Crippen LogP contribution in [0.2, 0.25) is 0 Å². The van der Waals surface area contributed by atoms with E-state index in [0.29, 0.717) is 5.56 Å². The summed E-state index contributed by atoms with van der Waals surface area (Å²) in [6.07, 6.45) is 1.64. The molecule has 0 saturated heterocycles. The number of nitrogens with one attached hydrogen (secondary N) is 1. The van der Waals surface area contributed by atoms with Crippen molar-refractivity contribution in [3.63, 3.8) is 0 Å². The molecule has 2 rings (SSSR count). The summed E-state index contributed by atoms with van der Waals surface area (Å²) in [5.41, 5.74) is -1.56. The number of carbonyl (C=O) groups excluding carboxylic acids is 2. The number of ether oxygens (including phenoxy) is 3. The molecule has 1 unspecified atom stereocenters. The van der Waals surface area contributed by atoms with E-state index in [4.69, 9.17) is 14.2 Å². The molecule has 3 atom stereocenters. The number of rotatable bonds is 5. The van der Waals surface area contributed by atoms with Crippen LogP contribution >= 0.6 is 0 Å². The SMILES string of the molecule is C=C1C=CC(F)=COC1(c1ccc(F)cc1)[C@H](C)OC(=O)[C@H](C)NC(=O)OC(C)(C)C. The summed E-state index contributed by atoms with van der Waals surface area (Å²) < 4.78 is 43.8. The molecule has 1 heterocycles. The van der Waals surface area contributed by atoms with Crippen molar-refractivity contribution in [1.29, 1.82) is 0 Å². The lowest BCUT2D eigenvalue weighted by atomic mass is 9.82. The zero-order valence-corrected chi connectivity index (χ0v) is 18.2. The number of hydrogen-bond acceptors (Lipinski definition) is 5. The third-order valence-electron chi connectivity index (χ3n) is 4.50. The number of benzene rings is 1. The first-order chi connectivity index (χ1) is 14.3. The Labute approximate surface area is 180 Å². The maximum absolute atomic E-state index is 13.9. The van der Waals surface area contributed by atoms with Crippen molar-refractivity contribution in [2.45, 2.75) is 58.0 Å². The Hall–Kier alpha value is -3.16. The second-order valence-electron chi connectivity index (χ2n) is 8.17. The molecule has 168 valence electrons. The summed E-state index contributed by atoms with van der Waals surface area (Å²) in [5, 5.41) is 2.40. The quantitative estimate of drug-likeness (QED) is 0.672. The predicted molar refractivity (Wildman–Crippen MR) is 111 cm³/mol. The summed E-state index contributed by atoms with van der Waals surface area (Å²) in [7, 11) is 0. The third-order valence-corrected chi connectivity index (χ3v) is 4.50. The van der Waals surface area contributed by atoms with Gasteiger partial charge < -0.3 is 19.5 Å². The molecular weight excluding hydrogens is 408 g/mol. The Bertz CT molecular complexity index is 902. The van der Waals surface area contributed by atoms with Crippen LogP contribution in [0.15, 0.2) is 60.7 Å². The lowest BCUT2D eigenvalue weighted by molar-refractivity contribution is -0.162. The molecule has 0 fully saturated rings. The van der Waals surface area contributed by atoms with Gasteiger partial charge in [-0.3, -0.25) is 0 Å². The van der Waals surface area contributed by atoms with Gasteiger partial charge in [0.25, 0.3) is 0 Å². The maximum Gasteiger partial charge on any atom is 0.408 e. The zero-order chi connectivity index (χ0) is 23.4. The van der Waals surface area contributed by atoms with E-state index >= 15 is 0 Å². The highest BCUT2D eigenvalue weighted by Crippen LogP contribution is 2.41. The standard InChI is InChI=1S/C23H27F2NO5/c1-14-7-10-19(25)13-29-23(14,17-8-11-18(24)12-9-17)16(3)30-20(27)15(2)26-21(28)31-22(4,5)6/h7-13,15-16H,1H2,2-6H3,(H,26,28)/t15-,16-,23?/m0/s1. The van der Waals surface area contributed by atoms with Crippen LogP contribution in [0.5, 0.6) is 0 Å². The van der Waals surface area contributed by atoms with Crippen molar-refractivity contribution in [2.24, 2.45) is 0 Å². The summed E-state index contributed by atoms with van der Waals surface area (Å²) in [6.45, 7) is 12.0. The second-order valence-corrected chi connectivity index (χ2v) is 8.17. The topological polar surface area (TPSA) is 73.9 Å². The van der Waals surface area contributed by atoms with Crippen LogP contribution in [-0.4, -0.2) is 29.8 Å². The highest BCUT2D eigenvalue weighted by molar-refractivity contribution is 5.81. The van der Waals surface area contributed by atoms with E-state index < -0.39 is 47.1 Å². The van der Waals surface area contributed by atoms with Gasteiger partial charge in [-0.25, -0.2) is 18.4 Å². The molecule has 1 aromatic rings. The number of esters is 1. The Morgan fingerprint density at radius 2 is 1.74 bits per heavy atom. The van der Waals surface area contributed by atoms with Crippen LogP contribution in [0, 0.1) is 5.82 Å². The van der Waals surface area contributed by atoms with Crippen molar-refractivity contribution >= 4 is 12.1 Å². The molecule has 8 heteroatoms. The van der Waals surface area contributed by atoms with Crippen molar-refractivity contribution < 1.29 is 32.6 Å². The summed E-state index contributed by atoms with van der Waals surface area (Å²) >= 11 is 0. The van der Waals surface area contributed by atoms with E-state index in [1.807, 2.05) is 0 Å². The molecule has 0 spiro atoms. The smallest absolute Gasteiger partial charge is 0.408 e. The molecule has 1 aliphatic rings. The monoisotopic (exact) mass is 435 g/mol. The van der Waals surface area contributed by atoms with Crippen LogP contribution < -0.4 is 5.32 Å². The van der Waals surface area contributed by atoms with Crippen LogP contribution in [0.1, 0.15) is 40.2 Å². The van der Waals surface area contributed by atoms with E-state index in [-0.39, 0.29) is 5.57 Å². The fourth-order valence-electron chi connectivity index (χ4n) is 3.01. The number of carbonyl (C=O) groups is 2. The van der Waals surface area contributed by atoms with E-state index in [9.17, 15) is 18.4 Å². The van der Waals surface area contributed by atoms with Gasteiger partial charge in [-0.2, -0.15) is 0 Å². The Morgan fingerprint density at radius 3 is 2.32 bits per heavy atom. The number of amides is 1. The van der Waals surface area contributed by atoms with Gasteiger partial charge in [0.15, 0.2) is 11.4 Å². The molecule has 31 heavy (non-hydrogen) atoms.